The molecule has 0 atom stereocenters. The van der Waals surface area contributed by atoms with Crippen molar-refractivity contribution in [3.63, 3.8) is 0 Å². The average molecular weight is 184 g/mol. The third-order valence-corrected chi connectivity index (χ3v) is 2.84. The molecule has 2 heterocycles. The fraction of sp³-hybridized carbons (Fsp3) is 0.429. The number of nitrogens with zero attached hydrogens (tertiary/aromatic N) is 1. The van der Waals surface area contributed by atoms with E-state index in [4.69, 9.17) is 5.11 Å². The predicted octanol–water partition coefficient (Wildman–Crippen LogP) is 0.784. The number of carbonyl (C=O) groups is 1. The van der Waals surface area contributed by atoms with Crippen LogP contribution in [0.1, 0.15) is 17.0 Å². The number of H-pyrrole nitrogens is 1. The summed E-state index contributed by atoms with van der Waals surface area (Å²) >= 11 is 1.79. The maximum atomic E-state index is 10.4. The monoisotopic (exact) mass is 184 g/mol. The van der Waals surface area contributed by atoms with Gasteiger partial charge in [-0.2, -0.15) is 16.9 Å². The highest BCUT2D eigenvalue weighted by Crippen LogP contribution is 2.30. The number of aromatic amines is 1. The summed E-state index contributed by atoms with van der Waals surface area (Å²) in [4.78, 5) is 10.4. The third-order valence-electron chi connectivity index (χ3n) is 1.85. The highest BCUT2D eigenvalue weighted by atomic mass is 32.2. The second kappa shape index (κ2) is 2.82. The normalized spacial score (nSPS) is 14.7. The molecule has 0 unspecified atom stereocenters. The minimum atomic E-state index is -0.818. The molecule has 2 N–H and O–H groups in total. The molecular weight excluding hydrogens is 176 g/mol. The van der Waals surface area contributed by atoms with E-state index < -0.39 is 5.97 Å². The van der Waals surface area contributed by atoms with E-state index in [2.05, 4.69) is 10.2 Å². The van der Waals surface area contributed by atoms with Gasteiger partial charge in [-0.05, 0) is 0 Å². The molecule has 1 aliphatic rings. The Hall–Kier alpha value is -0.970. The van der Waals surface area contributed by atoms with Crippen LogP contribution in [0.15, 0.2) is 0 Å². The van der Waals surface area contributed by atoms with Crippen molar-refractivity contribution >= 4 is 17.7 Å². The van der Waals surface area contributed by atoms with Gasteiger partial charge < -0.3 is 5.11 Å². The first-order chi connectivity index (χ1) is 5.77. The number of thioether (sulfide) groups is 1. The number of rotatable bonds is 2. The Morgan fingerprint density at radius 1 is 1.67 bits per heavy atom. The zero-order valence-electron chi connectivity index (χ0n) is 6.33. The lowest BCUT2D eigenvalue weighted by atomic mass is 10.2. The van der Waals surface area contributed by atoms with Crippen molar-refractivity contribution in [1.82, 2.24) is 10.2 Å². The number of nitrogens with one attached hydrogen (secondary N) is 1. The Kier molecular flexibility index (Phi) is 1.80. The largest absolute Gasteiger partial charge is 0.481 e. The van der Waals surface area contributed by atoms with E-state index in [0.717, 1.165) is 22.8 Å². The molecule has 0 amide bonds. The molecule has 64 valence electrons. The number of carboxylic acids is 1. The maximum Gasteiger partial charge on any atom is 0.309 e. The number of aliphatic carboxylic acids is 1. The minimum absolute atomic E-state index is 0.0341. The molecule has 0 aromatic carbocycles. The van der Waals surface area contributed by atoms with Crippen LogP contribution in [0.4, 0.5) is 0 Å². The Balaban J connectivity index is 2.27. The van der Waals surface area contributed by atoms with Gasteiger partial charge in [-0.25, -0.2) is 0 Å². The SMILES string of the molecule is O=C(O)Cc1n[nH]c2c1CSC2. The number of fused-ring (bicyclic) bond motifs is 1. The topological polar surface area (TPSA) is 66.0 Å². The van der Waals surface area contributed by atoms with Crippen LogP contribution in [-0.2, 0) is 22.7 Å². The first-order valence-electron chi connectivity index (χ1n) is 3.62. The van der Waals surface area contributed by atoms with Gasteiger partial charge in [-0.15, -0.1) is 0 Å². The fourth-order valence-electron chi connectivity index (χ4n) is 1.28. The van der Waals surface area contributed by atoms with Gasteiger partial charge in [-0.1, -0.05) is 0 Å². The van der Waals surface area contributed by atoms with Crippen LogP contribution in [0, 0.1) is 0 Å². The van der Waals surface area contributed by atoms with Gasteiger partial charge >= 0.3 is 5.97 Å². The molecule has 0 fully saturated rings. The zero-order chi connectivity index (χ0) is 8.55. The summed E-state index contributed by atoms with van der Waals surface area (Å²) in [5, 5.41) is 15.4. The Morgan fingerprint density at radius 3 is 3.25 bits per heavy atom. The van der Waals surface area contributed by atoms with Crippen molar-refractivity contribution < 1.29 is 9.90 Å². The fourth-order valence-corrected chi connectivity index (χ4v) is 2.37. The lowest BCUT2D eigenvalue weighted by Gasteiger charge is -1.92. The summed E-state index contributed by atoms with van der Waals surface area (Å²) in [6.45, 7) is 0. The Morgan fingerprint density at radius 2 is 2.50 bits per heavy atom. The highest BCUT2D eigenvalue weighted by molar-refractivity contribution is 7.98. The van der Waals surface area contributed by atoms with Crippen molar-refractivity contribution in [2.24, 2.45) is 0 Å². The number of carboxylic acid groups (broad SMARTS) is 1. The van der Waals surface area contributed by atoms with Crippen LogP contribution in [0.3, 0.4) is 0 Å². The smallest absolute Gasteiger partial charge is 0.309 e. The van der Waals surface area contributed by atoms with E-state index in [0.29, 0.717) is 5.69 Å². The summed E-state index contributed by atoms with van der Waals surface area (Å²) < 4.78 is 0. The Bertz CT molecular complexity index is 321. The number of aromatic nitrogens is 2. The van der Waals surface area contributed by atoms with E-state index in [9.17, 15) is 4.79 Å². The van der Waals surface area contributed by atoms with Crippen LogP contribution in [-0.4, -0.2) is 21.3 Å². The van der Waals surface area contributed by atoms with Gasteiger partial charge in [0.25, 0.3) is 0 Å². The molecule has 0 spiro atoms. The van der Waals surface area contributed by atoms with Gasteiger partial charge in [0.1, 0.15) is 0 Å². The van der Waals surface area contributed by atoms with Crippen LogP contribution < -0.4 is 0 Å². The number of hydrogen-bond acceptors (Lipinski definition) is 3. The van der Waals surface area contributed by atoms with Crippen molar-refractivity contribution in [2.45, 2.75) is 17.9 Å². The predicted molar refractivity (Wildman–Crippen MR) is 44.9 cm³/mol. The Labute approximate surface area is 73.4 Å². The summed E-state index contributed by atoms with van der Waals surface area (Å²) in [5.74, 6) is 1.01. The van der Waals surface area contributed by atoms with E-state index >= 15 is 0 Å². The standard InChI is InChI=1S/C7H8N2O2S/c10-7(11)1-5-4-2-12-3-6(4)9-8-5/h1-3H2,(H,8,9)(H,10,11). The van der Waals surface area contributed by atoms with Gasteiger partial charge in [0.2, 0.25) is 0 Å². The lowest BCUT2D eigenvalue weighted by molar-refractivity contribution is -0.136. The summed E-state index contributed by atoms with van der Waals surface area (Å²) in [7, 11) is 0. The van der Waals surface area contributed by atoms with E-state index in [1.165, 1.54) is 0 Å². The summed E-state index contributed by atoms with van der Waals surface area (Å²) in [6.07, 6.45) is 0.0341. The van der Waals surface area contributed by atoms with Crippen molar-refractivity contribution in [1.29, 1.82) is 0 Å². The van der Waals surface area contributed by atoms with E-state index in [-0.39, 0.29) is 6.42 Å². The molecule has 12 heavy (non-hydrogen) atoms. The van der Waals surface area contributed by atoms with Crippen LogP contribution in [0.25, 0.3) is 0 Å². The molecule has 5 heteroatoms. The molecule has 1 aromatic rings. The van der Waals surface area contributed by atoms with Crippen molar-refractivity contribution in [2.75, 3.05) is 0 Å². The minimum Gasteiger partial charge on any atom is -0.481 e. The first kappa shape index (κ1) is 7.67. The van der Waals surface area contributed by atoms with Crippen LogP contribution in [0.5, 0.6) is 0 Å². The molecule has 0 radical (unpaired) electrons. The molecule has 1 aliphatic heterocycles. The summed E-state index contributed by atoms with van der Waals surface area (Å²) in [6, 6.07) is 0. The molecule has 0 saturated heterocycles. The molecule has 0 bridgehead atoms. The molecule has 0 saturated carbocycles. The molecule has 2 rings (SSSR count). The van der Waals surface area contributed by atoms with Crippen LogP contribution >= 0.6 is 11.8 Å². The lowest BCUT2D eigenvalue weighted by Crippen LogP contribution is -2.02. The van der Waals surface area contributed by atoms with Crippen molar-refractivity contribution in [3.8, 4) is 0 Å². The van der Waals surface area contributed by atoms with Crippen LogP contribution in [0.2, 0.25) is 0 Å². The average Bonchev–Trinajstić information content (AvgIpc) is 2.52. The quantitative estimate of drug-likeness (QED) is 0.713. The maximum absolute atomic E-state index is 10.4. The van der Waals surface area contributed by atoms with Gasteiger partial charge in [-0.3, -0.25) is 9.89 Å². The second-order valence-corrected chi connectivity index (χ2v) is 3.68. The first-order valence-corrected chi connectivity index (χ1v) is 4.77. The molecular formula is C7H8N2O2S. The third kappa shape index (κ3) is 1.20. The molecule has 4 nitrogen and oxygen atoms in total. The van der Waals surface area contributed by atoms with Gasteiger partial charge in [0.15, 0.2) is 0 Å². The van der Waals surface area contributed by atoms with Gasteiger partial charge in [0.05, 0.1) is 12.1 Å². The summed E-state index contributed by atoms with van der Waals surface area (Å²) in [5.41, 5.74) is 2.89. The van der Waals surface area contributed by atoms with E-state index in [1.807, 2.05) is 0 Å². The van der Waals surface area contributed by atoms with E-state index in [1.54, 1.807) is 11.8 Å². The second-order valence-electron chi connectivity index (χ2n) is 2.69. The molecule has 1 aromatic heterocycles. The zero-order valence-corrected chi connectivity index (χ0v) is 7.15. The highest BCUT2D eigenvalue weighted by Gasteiger charge is 2.19. The number of hydrogen-bond donors (Lipinski definition) is 2. The van der Waals surface area contributed by atoms with Gasteiger partial charge in [0, 0.05) is 22.8 Å². The van der Waals surface area contributed by atoms with Crippen molar-refractivity contribution in [3.05, 3.63) is 17.0 Å². The molecule has 0 aliphatic carbocycles.